The van der Waals surface area contributed by atoms with Crippen LogP contribution >= 0.6 is 11.3 Å². The van der Waals surface area contributed by atoms with E-state index < -0.39 is 5.60 Å². The molecule has 0 bridgehead atoms. The Morgan fingerprint density at radius 1 is 1.32 bits per heavy atom. The molecule has 1 aromatic heterocycles. The van der Waals surface area contributed by atoms with Gasteiger partial charge in [-0.15, -0.1) is 11.3 Å². The number of aliphatic hydroxyl groups is 1. The second kappa shape index (κ2) is 6.15. The zero-order chi connectivity index (χ0) is 17.5. The van der Waals surface area contributed by atoms with Gasteiger partial charge in [-0.3, -0.25) is 4.79 Å². The average Bonchev–Trinajstić information content (AvgIpc) is 3.26. The monoisotopic (exact) mass is 357 g/mol. The molecule has 1 saturated carbocycles. The van der Waals surface area contributed by atoms with Gasteiger partial charge in [-0.25, -0.2) is 0 Å². The molecule has 1 fully saturated rings. The maximum Gasteiger partial charge on any atom is 0.231 e. The summed E-state index contributed by atoms with van der Waals surface area (Å²) < 4.78 is 5.29. The van der Waals surface area contributed by atoms with Crippen molar-refractivity contribution in [1.82, 2.24) is 5.32 Å². The predicted molar refractivity (Wildman–Crippen MR) is 98.1 cm³/mol. The lowest BCUT2D eigenvalue weighted by Crippen LogP contribution is -2.45. The number of hydrogen-bond acceptors (Lipinski definition) is 4. The minimum atomic E-state index is -0.999. The van der Waals surface area contributed by atoms with Crippen LogP contribution in [0.15, 0.2) is 35.7 Å². The molecule has 1 unspecified atom stereocenters. The van der Waals surface area contributed by atoms with Gasteiger partial charge >= 0.3 is 0 Å². The molecule has 1 heterocycles. The number of carbonyl (C=O) groups is 1. The average molecular weight is 357 g/mol. The second-order valence-electron chi connectivity index (χ2n) is 7.15. The van der Waals surface area contributed by atoms with Crippen molar-refractivity contribution in [1.29, 1.82) is 0 Å². The van der Waals surface area contributed by atoms with Crippen LogP contribution in [0.3, 0.4) is 0 Å². The van der Waals surface area contributed by atoms with Gasteiger partial charge in [0.1, 0.15) is 11.4 Å². The van der Waals surface area contributed by atoms with Gasteiger partial charge in [0.05, 0.1) is 19.1 Å². The van der Waals surface area contributed by atoms with E-state index in [4.69, 9.17) is 4.74 Å². The Morgan fingerprint density at radius 3 is 2.84 bits per heavy atom. The molecule has 4 rings (SSSR count). The minimum Gasteiger partial charge on any atom is -0.497 e. The topological polar surface area (TPSA) is 58.6 Å². The van der Waals surface area contributed by atoms with Crippen molar-refractivity contribution in [2.24, 2.45) is 0 Å². The van der Waals surface area contributed by atoms with E-state index in [2.05, 4.69) is 5.32 Å². The molecule has 2 aliphatic carbocycles. The smallest absolute Gasteiger partial charge is 0.231 e. The molecule has 25 heavy (non-hydrogen) atoms. The summed E-state index contributed by atoms with van der Waals surface area (Å²) in [5.74, 6) is 0.852. The highest BCUT2D eigenvalue weighted by molar-refractivity contribution is 7.10. The van der Waals surface area contributed by atoms with Gasteiger partial charge in [0.25, 0.3) is 0 Å². The number of benzene rings is 1. The first-order valence-electron chi connectivity index (χ1n) is 8.79. The fourth-order valence-electron chi connectivity index (χ4n) is 3.90. The van der Waals surface area contributed by atoms with Gasteiger partial charge in [-0.1, -0.05) is 12.1 Å². The summed E-state index contributed by atoms with van der Waals surface area (Å²) in [6, 6.07) is 9.84. The standard InChI is InChI=1S/C20H23NO3S/c1-24-15-6-7-16-14(12-15)4-2-8-20(16,23)13-21-18(22)19(9-10-19)17-5-3-11-25-17/h3,5-7,11-12,23H,2,4,8-10,13H2,1H3,(H,21,22). The molecular weight excluding hydrogens is 334 g/mol. The first-order chi connectivity index (χ1) is 12.1. The molecule has 2 N–H and O–H groups in total. The van der Waals surface area contributed by atoms with E-state index in [0.717, 1.165) is 47.4 Å². The zero-order valence-corrected chi connectivity index (χ0v) is 15.2. The highest BCUT2D eigenvalue weighted by Crippen LogP contribution is 2.50. The van der Waals surface area contributed by atoms with Crippen LogP contribution in [0.1, 0.15) is 41.7 Å². The third-order valence-corrected chi connectivity index (χ3v) is 6.64. The summed E-state index contributed by atoms with van der Waals surface area (Å²) >= 11 is 1.64. The number of ether oxygens (including phenoxy) is 1. The number of fused-ring (bicyclic) bond motifs is 1. The molecule has 2 aliphatic rings. The number of carbonyl (C=O) groups excluding carboxylic acids is 1. The van der Waals surface area contributed by atoms with E-state index in [1.807, 2.05) is 35.7 Å². The summed E-state index contributed by atoms with van der Waals surface area (Å²) in [5, 5.41) is 16.3. The summed E-state index contributed by atoms with van der Waals surface area (Å²) in [6.45, 7) is 0.262. The van der Waals surface area contributed by atoms with Gasteiger partial charge in [0.2, 0.25) is 5.91 Å². The maximum absolute atomic E-state index is 12.8. The molecule has 0 aliphatic heterocycles. The molecule has 1 aromatic carbocycles. The van der Waals surface area contributed by atoms with Crippen LogP contribution in [0.2, 0.25) is 0 Å². The van der Waals surface area contributed by atoms with Crippen molar-refractivity contribution in [3.63, 3.8) is 0 Å². The molecule has 132 valence electrons. The normalized spacial score (nSPS) is 23.6. The minimum absolute atomic E-state index is 0.0454. The van der Waals surface area contributed by atoms with Crippen LogP contribution in [0, 0.1) is 0 Å². The van der Waals surface area contributed by atoms with Crippen LogP contribution < -0.4 is 10.1 Å². The molecule has 2 aromatic rings. The summed E-state index contributed by atoms with van der Waals surface area (Å²) in [4.78, 5) is 13.9. The Bertz CT molecular complexity index is 782. The number of hydrogen-bond donors (Lipinski definition) is 2. The number of rotatable bonds is 5. The van der Waals surface area contributed by atoms with Gasteiger partial charge in [-0.05, 0) is 66.8 Å². The largest absolute Gasteiger partial charge is 0.497 e. The number of amides is 1. The number of thiophene rings is 1. The van der Waals surface area contributed by atoms with E-state index in [9.17, 15) is 9.90 Å². The first-order valence-corrected chi connectivity index (χ1v) is 9.67. The van der Waals surface area contributed by atoms with Crippen molar-refractivity contribution in [3.8, 4) is 5.75 Å². The Kier molecular flexibility index (Phi) is 4.08. The van der Waals surface area contributed by atoms with E-state index >= 15 is 0 Å². The van der Waals surface area contributed by atoms with E-state index in [-0.39, 0.29) is 17.9 Å². The molecule has 5 heteroatoms. The second-order valence-corrected chi connectivity index (χ2v) is 8.10. The van der Waals surface area contributed by atoms with Crippen LogP contribution in [0.4, 0.5) is 0 Å². The number of nitrogens with one attached hydrogen (secondary N) is 1. The summed E-state index contributed by atoms with van der Waals surface area (Å²) in [6.07, 6.45) is 4.29. The van der Waals surface area contributed by atoms with Crippen LogP contribution in [-0.2, 0) is 22.2 Å². The molecule has 0 saturated heterocycles. The van der Waals surface area contributed by atoms with E-state index in [1.165, 1.54) is 0 Å². The summed E-state index contributed by atoms with van der Waals surface area (Å²) in [7, 11) is 1.65. The maximum atomic E-state index is 12.8. The van der Waals surface area contributed by atoms with E-state index in [1.54, 1.807) is 18.4 Å². The number of methoxy groups -OCH3 is 1. The van der Waals surface area contributed by atoms with Crippen molar-refractivity contribution >= 4 is 17.2 Å². The highest BCUT2D eigenvalue weighted by Gasteiger charge is 2.52. The Hall–Kier alpha value is -1.85. The van der Waals surface area contributed by atoms with Gasteiger partial charge in [0.15, 0.2) is 0 Å². The molecular formula is C20H23NO3S. The zero-order valence-electron chi connectivity index (χ0n) is 14.4. The fraction of sp³-hybridized carbons (Fsp3) is 0.450. The molecule has 4 nitrogen and oxygen atoms in total. The first kappa shape index (κ1) is 16.6. The predicted octanol–water partition coefficient (Wildman–Crippen LogP) is 3.13. The van der Waals surface area contributed by atoms with Crippen molar-refractivity contribution in [2.75, 3.05) is 13.7 Å². The van der Waals surface area contributed by atoms with Crippen LogP contribution in [0.25, 0.3) is 0 Å². The quantitative estimate of drug-likeness (QED) is 0.864. The van der Waals surface area contributed by atoms with Crippen molar-refractivity contribution in [2.45, 2.75) is 43.1 Å². The molecule has 0 radical (unpaired) electrons. The van der Waals surface area contributed by atoms with Crippen molar-refractivity contribution < 1.29 is 14.6 Å². The number of aryl methyl sites for hydroxylation is 1. The van der Waals surface area contributed by atoms with Gasteiger partial charge in [0, 0.05) is 4.88 Å². The summed E-state index contributed by atoms with van der Waals surface area (Å²) in [5.41, 5.74) is 0.672. The molecule has 1 atom stereocenters. The lowest BCUT2D eigenvalue weighted by Gasteiger charge is -2.35. The molecule has 0 spiro atoms. The van der Waals surface area contributed by atoms with Crippen LogP contribution in [-0.4, -0.2) is 24.7 Å². The van der Waals surface area contributed by atoms with Crippen molar-refractivity contribution in [3.05, 3.63) is 51.7 Å². The van der Waals surface area contributed by atoms with E-state index in [0.29, 0.717) is 6.42 Å². The third kappa shape index (κ3) is 2.85. The Labute approximate surface area is 151 Å². The lowest BCUT2D eigenvalue weighted by molar-refractivity contribution is -0.125. The highest BCUT2D eigenvalue weighted by atomic mass is 32.1. The van der Waals surface area contributed by atoms with Crippen LogP contribution in [0.5, 0.6) is 5.75 Å². The lowest BCUT2D eigenvalue weighted by atomic mass is 9.79. The van der Waals surface area contributed by atoms with Gasteiger partial charge < -0.3 is 15.2 Å². The SMILES string of the molecule is COc1ccc2c(c1)CCCC2(O)CNC(=O)C1(c2cccs2)CC1. The molecule has 1 amide bonds. The third-order valence-electron chi connectivity index (χ3n) is 5.57. The Balaban J connectivity index is 1.51. The fourth-order valence-corrected chi connectivity index (χ4v) is 4.89. The van der Waals surface area contributed by atoms with Gasteiger partial charge in [-0.2, -0.15) is 0 Å². The Morgan fingerprint density at radius 2 is 2.16 bits per heavy atom.